The van der Waals surface area contributed by atoms with Gasteiger partial charge in [0.05, 0.1) is 19.8 Å². The molecule has 0 aromatic carbocycles. The Balaban J connectivity index is 4.58. The molecule has 9 heteroatoms. The highest BCUT2D eigenvalue weighted by atomic mass is 16.8. The molecule has 0 aromatic rings. The van der Waals surface area contributed by atoms with E-state index < -0.39 is 30.7 Å². The largest absolute Gasteiger partial charge is 0.508 e. The van der Waals surface area contributed by atoms with Crippen LogP contribution in [0.4, 0.5) is 14.4 Å². The van der Waals surface area contributed by atoms with E-state index in [0.717, 1.165) is 0 Å². The molecular weight excluding hydrogens is 300 g/mol. The van der Waals surface area contributed by atoms with Crippen molar-refractivity contribution in [2.24, 2.45) is 0 Å². The minimum atomic E-state index is -1.06. The minimum absolute atomic E-state index is 0.109. The quantitative estimate of drug-likeness (QED) is 0.491. The molecule has 0 aromatic heterocycles. The van der Waals surface area contributed by atoms with Crippen molar-refractivity contribution in [3.8, 4) is 0 Å². The van der Waals surface area contributed by atoms with Gasteiger partial charge in [-0.1, -0.05) is 0 Å². The van der Waals surface area contributed by atoms with Gasteiger partial charge in [0.25, 0.3) is 0 Å². The standard InChI is InChI=1S/C13H22O9/c1-5-17-11(14)20-8-10(22-13(16)19-7-3)9(4)21-12(15)18-6-2/h9-10H,5-8H2,1-4H3. The van der Waals surface area contributed by atoms with Crippen LogP contribution in [-0.4, -0.2) is 57.1 Å². The van der Waals surface area contributed by atoms with E-state index in [4.69, 9.17) is 14.2 Å². The van der Waals surface area contributed by atoms with E-state index >= 15 is 0 Å². The Labute approximate surface area is 128 Å². The molecule has 0 aliphatic heterocycles. The van der Waals surface area contributed by atoms with Gasteiger partial charge in [0.2, 0.25) is 0 Å². The molecule has 22 heavy (non-hydrogen) atoms. The lowest BCUT2D eigenvalue weighted by Crippen LogP contribution is -2.37. The Morgan fingerprint density at radius 1 is 0.727 bits per heavy atom. The summed E-state index contributed by atoms with van der Waals surface area (Å²) in [4.78, 5) is 33.8. The lowest BCUT2D eigenvalue weighted by Gasteiger charge is -2.22. The number of ether oxygens (including phenoxy) is 6. The summed E-state index contributed by atoms with van der Waals surface area (Å²) < 4.78 is 28.4. The minimum Gasteiger partial charge on any atom is -0.435 e. The van der Waals surface area contributed by atoms with Crippen molar-refractivity contribution in [3.05, 3.63) is 0 Å². The van der Waals surface area contributed by atoms with Crippen LogP contribution in [0.5, 0.6) is 0 Å². The maximum absolute atomic E-state index is 11.4. The van der Waals surface area contributed by atoms with Crippen molar-refractivity contribution in [2.45, 2.75) is 39.9 Å². The van der Waals surface area contributed by atoms with Crippen molar-refractivity contribution in [3.63, 3.8) is 0 Å². The third kappa shape index (κ3) is 8.88. The summed E-state index contributed by atoms with van der Waals surface area (Å²) >= 11 is 0. The van der Waals surface area contributed by atoms with Crippen molar-refractivity contribution in [1.29, 1.82) is 0 Å². The van der Waals surface area contributed by atoms with Gasteiger partial charge in [0, 0.05) is 0 Å². The van der Waals surface area contributed by atoms with Gasteiger partial charge < -0.3 is 28.4 Å². The van der Waals surface area contributed by atoms with Gasteiger partial charge >= 0.3 is 18.5 Å². The van der Waals surface area contributed by atoms with E-state index in [9.17, 15) is 14.4 Å². The molecule has 0 saturated carbocycles. The number of carbonyl (C=O) groups excluding carboxylic acids is 3. The van der Waals surface area contributed by atoms with Gasteiger partial charge in [-0.05, 0) is 27.7 Å². The summed E-state index contributed by atoms with van der Waals surface area (Å²) in [6, 6.07) is 0. The van der Waals surface area contributed by atoms with E-state index in [1.165, 1.54) is 6.92 Å². The van der Waals surface area contributed by atoms with E-state index in [0.29, 0.717) is 0 Å². The van der Waals surface area contributed by atoms with Crippen LogP contribution in [0.1, 0.15) is 27.7 Å². The third-order valence-electron chi connectivity index (χ3n) is 2.21. The highest BCUT2D eigenvalue weighted by Crippen LogP contribution is 2.08. The molecule has 0 N–H and O–H groups in total. The fraction of sp³-hybridized carbons (Fsp3) is 0.769. The molecule has 0 bridgehead atoms. The molecule has 0 fully saturated rings. The molecule has 128 valence electrons. The van der Waals surface area contributed by atoms with Gasteiger partial charge in [-0.15, -0.1) is 0 Å². The average molecular weight is 322 g/mol. The second-order valence-corrected chi connectivity index (χ2v) is 3.84. The zero-order valence-corrected chi connectivity index (χ0v) is 13.2. The molecule has 0 aliphatic carbocycles. The lowest BCUT2D eigenvalue weighted by atomic mass is 10.2. The predicted molar refractivity (Wildman–Crippen MR) is 72.4 cm³/mol. The van der Waals surface area contributed by atoms with E-state index in [1.54, 1.807) is 20.8 Å². The van der Waals surface area contributed by atoms with Gasteiger partial charge in [-0.2, -0.15) is 0 Å². The van der Waals surface area contributed by atoms with E-state index in [1.807, 2.05) is 0 Å². The summed E-state index contributed by atoms with van der Waals surface area (Å²) in [6.45, 7) is 6.29. The molecule has 0 saturated heterocycles. The highest BCUT2D eigenvalue weighted by molar-refractivity contribution is 5.62. The van der Waals surface area contributed by atoms with Crippen LogP contribution >= 0.6 is 0 Å². The Bertz CT molecular complexity index is 355. The average Bonchev–Trinajstić information content (AvgIpc) is 2.44. The smallest absolute Gasteiger partial charge is 0.435 e. The van der Waals surface area contributed by atoms with Gasteiger partial charge in [-0.25, -0.2) is 14.4 Å². The summed E-state index contributed by atoms with van der Waals surface area (Å²) in [7, 11) is 0. The normalized spacial score (nSPS) is 12.5. The number of carbonyl (C=O) groups is 3. The second kappa shape index (κ2) is 11.5. The van der Waals surface area contributed by atoms with Crippen molar-refractivity contribution in [1.82, 2.24) is 0 Å². The lowest BCUT2D eigenvalue weighted by molar-refractivity contribution is -0.0721. The van der Waals surface area contributed by atoms with Crippen LogP contribution in [0.25, 0.3) is 0 Å². The third-order valence-corrected chi connectivity index (χ3v) is 2.21. The topological polar surface area (TPSA) is 107 Å². The Kier molecular flexibility index (Phi) is 10.3. The number of rotatable bonds is 8. The fourth-order valence-corrected chi connectivity index (χ4v) is 1.23. The number of hydrogen-bond acceptors (Lipinski definition) is 9. The first kappa shape index (κ1) is 19.8. The van der Waals surface area contributed by atoms with Crippen molar-refractivity contribution >= 4 is 18.5 Å². The molecule has 9 nitrogen and oxygen atoms in total. The zero-order chi connectivity index (χ0) is 17.0. The van der Waals surface area contributed by atoms with Crippen LogP contribution in [0, 0.1) is 0 Å². The summed E-state index contributed by atoms with van der Waals surface area (Å²) in [6.07, 6.45) is -4.81. The maximum atomic E-state index is 11.4. The maximum Gasteiger partial charge on any atom is 0.508 e. The van der Waals surface area contributed by atoms with E-state index in [2.05, 4.69) is 14.2 Å². The number of hydrogen-bond donors (Lipinski definition) is 0. The van der Waals surface area contributed by atoms with Crippen LogP contribution in [0.3, 0.4) is 0 Å². The van der Waals surface area contributed by atoms with E-state index in [-0.39, 0.29) is 26.4 Å². The van der Waals surface area contributed by atoms with Gasteiger partial charge in [0.15, 0.2) is 6.10 Å². The second-order valence-electron chi connectivity index (χ2n) is 3.84. The van der Waals surface area contributed by atoms with Crippen LogP contribution in [-0.2, 0) is 28.4 Å². The first-order valence-corrected chi connectivity index (χ1v) is 6.90. The first-order chi connectivity index (χ1) is 10.4. The van der Waals surface area contributed by atoms with Gasteiger partial charge in [-0.3, -0.25) is 0 Å². The Morgan fingerprint density at radius 3 is 1.68 bits per heavy atom. The van der Waals surface area contributed by atoms with Crippen molar-refractivity contribution < 1.29 is 42.8 Å². The molecule has 0 radical (unpaired) electrons. The molecule has 0 spiro atoms. The molecule has 0 aliphatic rings. The molecule has 0 rings (SSSR count). The van der Waals surface area contributed by atoms with Crippen LogP contribution < -0.4 is 0 Å². The molecule has 0 heterocycles. The van der Waals surface area contributed by atoms with Crippen LogP contribution in [0.2, 0.25) is 0 Å². The summed E-state index contributed by atoms with van der Waals surface area (Å²) in [5.74, 6) is 0. The zero-order valence-electron chi connectivity index (χ0n) is 13.2. The summed E-state index contributed by atoms with van der Waals surface area (Å²) in [5, 5.41) is 0. The molecule has 2 unspecified atom stereocenters. The SMILES string of the molecule is CCOC(=O)OCC(OC(=O)OCC)C(C)OC(=O)OCC. The molecule has 2 atom stereocenters. The Hall–Kier alpha value is -2.19. The fourth-order valence-electron chi connectivity index (χ4n) is 1.23. The van der Waals surface area contributed by atoms with Crippen LogP contribution in [0.15, 0.2) is 0 Å². The van der Waals surface area contributed by atoms with Crippen molar-refractivity contribution in [2.75, 3.05) is 26.4 Å². The molecular formula is C13H22O9. The highest BCUT2D eigenvalue weighted by Gasteiger charge is 2.28. The molecule has 0 amide bonds. The Morgan fingerprint density at radius 2 is 1.18 bits per heavy atom. The predicted octanol–water partition coefficient (Wildman–Crippen LogP) is 2.26. The van der Waals surface area contributed by atoms with Gasteiger partial charge in [0.1, 0.15) is 12.7 Å². The monoisotopic (exact) mass is 322 g/mol. The first-order valence-electron chi connectivity index (χ1n) is 6.90. The summed E-state index contributed by atoms with van der Waals surface area (Å²) in [5.41, 5.74) is 0.